The van der Waals surface area contributed by atoms with Gasteiger partial charge in [0.2, 0.25) is 0 Å². The molecule has 0 aliphatic heterocycles. The molecule has 1 N–H and O–H groups in total. The molecular formula is C15H25NO. The molecule has 0 spiro atoms. The van der Waals surface area contributed by atoms with Gasteiger partial charge in [0.15, 0.2) is 0 Å². The first-order valence-corrected chi connectivity index (χ1v) is 6.69. The number of ether oxygens (including phenoxy) is 1. The van der Waals surface area contributed by atoms with Gasteiger partial charge in [-0.2, -0.15) is 0 Å². The van der Waals surface area contributed by atoms with Gasteiger partial charge in [0, 0.05) is 6.04 Å². The summed E-state index contributed by atoms with van der Waals surface area (Å²) in [6.45, 7) is 5.19. The number of para-hydroxylation sites is 1. The zero-order valence-electron chi connectivity index (χ0n) is 11.3. The Morgan fingerprint density at radius 1 is 1.24 bits per heavy atom. The summed E-state index contributed by atoms with van der Waals surface area (Å²) >= 11 is 0. The van der Waals surface area contributed by atoms with E-state index in [1.165, 1.54) is 18.4 Å². The van der Waals surface area contributed by atoms with Crippen LogP contribution in [0.4, 0.5) is 0 Å². The number of benzene rings is 1. The van der Waals surface area contributed by atoms with E-state index >= 15 is 0 Å². The van der Waals surface area contributed by atoms with E-state index in [0.29, 0.717) is 6.04 Å². The van der Waals surface area contributed by atoms with Gasteiger partial charge in [0.1, 0.15) is 5.75 Å². The van der Waals surface area contributed by atoms with Crippen LogP contribution in [-0.2, 0) is 6.42 Å². The molecule has 0 fully saturated rings. The van der Waals surface area contributed by atoms with Crippen LogP contribution in [0.1, 0.15) is 38.7 Å². The Kier molecular flexibility index (Phi) is 6.71. The third kappa shape index (κ3) is 4.78. The first kappa shape index (κ1) is 14.0. The summed E-state index contributed by atoms with van der Waals surface area (Å²) in [5.41, 5.74) is 1.30. The molecule has 1 aromatic carbocycles. The van der Waals surface area contributed by atoms with Crippen molar-refractivity contribution >= 4 is 0 Å². The molecule has 0 aliphatic carbocycles. The summed E-state index contributed by atoms with van der Waals surface area (Å²) in [7, 11) is 2.03. The van der Waals surface area contributed by atoms with E-state index in [1.54, 1.807) is 0 Å². The van der Waals surface area contributed by atoms with Crippen LogP contribution in [0.2, 0.25) is 0 Å². The van der Waals surface area contributed by atoms with Crippen LogP contribution in [0, 0.1) is 0 Å². The topological polar surface area (TPSA) is 21.3 Å². The molecule has 1 rings (SSSR count). The van der Waals surface area contributed by atoms with Crippen molar-refractivity contribution in [1.29, 1.82) is 0 Å². The number of rotatable bonds is 8. The molecule has 0 aliphatic rings. The monoisotopic (exact) mass is 235 g/mol. The standard InChI is InChI=1S/C15H25NO/c1-4-13-9-6-7-11-15(13)17-12-8-10-14(5-2)16-3/h6-7,9,11,14,16H,4-5,8,10,12H2,1-3H3. The van der Waals surface area contributed by atoms with Gasteiger partial charge >= 0.3 is 0 Å². The summed E-state index contributed by atoms with van der Waals surface area (Å²) in [4.78, 5) is 0. The highest BCUT2D eigenvalue weighted by atomic mass is 16.5. The predicted octanol–water partition coefficient (Wildman–Crippen LogP) is 3.41. The van der Waals surface area contributed by atoms with Gasteiger partial charge < -0.3 is 10.1 Å². The van der Waals surface area contributed by atoms with Crippen LogP contribution in [-0.4, -0.2) is 19.7 Å². The Morgan fingerprint density at radius 3 is 2.65 bits per heavy atom. The highest BCUT2D eigenvalue weighted by Crippen LogP contribution is 2.18. The average Bonchev–Trinajstić information content (AvgIpc) is 2.39. The van der Waals surface area contributed by atoms with Crippen LogP contribution < -0.4 is 10.1 Å². The molecule has 1 unspecified atom stereocenters. The summed E-state index contributed by atoms with van der Waals surface area (Å²) in [6, 6.07) is 8.93. The van der Waals surface area contributed by atoms with Gasteiger partial charge in [-0.25, -0.2) is 0 Å². The molecule has 0 heterocycles. The minimum absolute atomic E-state index is 0.625. The van der Waals surface area contributed by atoms with Crippen molar-refractivity contribution in [3.8, 4) is 5.75 Å². The predicted molar refractivity (Wildman–Crippen MR) is 73.7 cm³/mol. The molecule has 17 heavy (non-hydrogen) atoms. The van der Waals surface area contributed by atoms with E-state index in [4.69, 9.17) is 4.74 Å². The summed E-state index contributed by atoms with van der Waals surface area (Å²) in [6.07, 6.45) is 4.50. The van der Waals surface area contributed by atoms with E-state index in [1.807, 2.05) is 13.1 Å². The highest BCUT2D eigenvalue weighted by Gasteiger charge is 2.03. The largest absolute Gasteiger partial charge is 0.493 e. The maximum absolute atomic E-state index is 5.84. The van der Waals surface area contributed by atoms with Crippen molar-refractivity contribution in [3.05, 3.63) is 29.8 Å². The fourth-order valence-corrected chi connectivity index (χ4v) is 2.00. The van der Waals surface area contributed by atoms with Gasteiger partial charge in [-0.3, -0.25) is 0 Å². The average molecular weight is 235 g/mol. The lowest BCUT2D eigenvalue weighted by atomic mass is 10.1. The molecule has 0 amide bonds. The summed E-state index contributed by atoms with van der Waals surface area (Å²) in [5, 5.41) is 3.32. The molecule has 1 atom stereocenters. The van der Waals surface area contributed by atoms with Crippen LogP contribution in [0.5, 0.6) is 5.75 Å². The third-order valence-corrected chi connectivity index (χ3v) is 3.21. The van der Waals surface area contributed by atoms with Gasteiger partial charge in [0.05, 0.1) is 6.61 Å². The number of nitrogens with one attached hydrogen (secondary N) is 1. The first-order chi connectivity index (χ1) is 8.31. The Balaban J connectivity index is 2.30. The molecule has 96 valence electrons. The molecule has 2 heteroatoms. The Labute approximate surface area is 105 Å². The van der Waals surface area contributed by atoms with Gasteiger partial charge in [-0.15, -0.1) is 0 Å². The normalized spacial score (nSPS) is 12.4. The van der Waals surface area contributed by atoms with Gasteiger partial charge in [0.25, 0.3) is 0 Å². The number of hydrogen-bond acceptors (Lipinski definition) is 2. The molecular weight excluding hydrogens is 210 g/mol. The fraction of sp³-hybridized carbons (Fsp3) is 0.600. The lowest BCUT2D eigenvalue weighted by Gasteiger charge is -2.14. The summed E-state index contributed by atoms with van der Waals surface area (Å²) < 4.78 is 5.84. The smallest absolute Gasteiger partial charge is 0.122 e. The number of hydrogen-bond donors (Lipinski definition) is 1. The second-order valence-corrected chi connectivity index (χ2v) is 4.35. The van der Waals surface area contributed by atoms with Crippen molar-refractivity contribution in [2.75, 3.05) is 13.7 Å². The van der Waals surface area contributed by atoms with E-state index in [9.17, 15) is 0 Å². The van der Waals surface area contributed by atoms with Crippen molar-refractivity contribution < 1.29 is 4.74 Å². The van der Waals surface area contributed by atoms with E-state index < -0.39 is 0 Å². The molecule has 0 saturated carbocycles. The van der Waals surface area contributed by atoms with E-state index in [2.05, 4.69) is 37.4 Å². The van der Waals surface area contributed by atoms with E-state index in [0.717, 1.165) is 25.2 Å². The minimum atomic E-state index is 0.625. The maximum Gasteiger partial charge on any atom is 0.122 e. The van der Waals surface area contributed by atoms with Crippen molar-refractivity contribution in [3.63, 3.8) is 0 Å². The zero-order valence-corrected chi connectivity index (χ0v) is 11.3. The quantitative estimate of drug-likeness (QED) is 0.697. The zero-order chi connectivity index (χ0) is 12.5. The summed E-state index contributed by atoms with van der Waals surface area (Å²) in [5.74, 6) is 1.05. The van der Waals surface area contributed by atoms with Crippen LogP contribution in [0.3, 0.4) is 0 Å². The highest BCUT2D eigenvalue weighted by molar-refractivity contribution is 5.33. The van der Waals surface area contributed by atoms with E-state index in [-0.39, 0.29) is 0 Å². The maximum atomic E-state index is 5.84. The van der Waals surface area contributed by atoms with Crippen molar-refractivity contribution in [2.45, 2.75) is 45.6 Å². The fourth-order valence-electron chi connectivity index (χ4n) is 2.00. The van der Waals surface area contributed by atoms with Gasteiger partial charge in [-0.1, -0.05) is 32.0 Å². The number of aryl methyl sites for hydroxylation is 1. The Hall–Kier alpha value is -1.02. The molecule has 2 nitrogen and oxygen atoms in total. The lowest BCUT2D eigenvalue weighted by molar-refractivity contribution is 0.294. The minimum Gasteiger partial charge on any atom is -0.493 e. The first-order valence-electron chi connectivity index (χ1n) is 6.69. The SMILES string of the molecule is CCc1ccccc1OCCCC(CC)NC. The second-order valence-electron chi connectivity index (χ2n) is 4.35. The lowest BCUT2D eigenvalue weighted by Crippen LogP contribution is -2.24. The van der Waals surface area contributed by atoms with Gasteiger partial charge in [-0.05, 0) is 44.4 Å². The Morgan fingerprint density at radius 2 is 2.00 bits per heavy atom. The molecule has 0 radical (unpaired) electrons. The molecule has 0 saturated heterocycles. The Bertz CT molecular complexity index is 308. The van der Waals surface area contributed by atoms with Crippen LogP contribution >= 0.6 is 0 Å². The molecule has 1 aromatic rings. The van der Waals surface area contributed by atoms with Crippen molar-refractivity contribution in [1.82, 2.24) is 5.32 Å². The third-order valence-electron chi connectivity index (χ3n) is 3.21. The van der Waals surface area contributed by atoms with Crippen molar-refractivity contribution in [2.24, 2.45) is 0 Å². The molecule has 0 aromatic heterocycles. The second kappa shape index (κ2) is 8.13. The molecule has 0 bridgehead atoms. The van der Waals surface area contributed by atoms with Crippen LogP contribution in [0.25, 0.3) is 0 Å². The van der Waals surface area contributed by atoms with Crippen LogP contribution in [0.15, 0.2) is 24.3 Å².